The van der Waals surface area contributed by atoms with Gasteiger partial charge in [-0.25, -0.2) is 0 Å². The number of ether oxygens (including phenoxy) is 3. The number of hydrogen-bond acceptors (Lipinski definition) is 6. The zero-order valence-corrected chi connectivity index (χ0v) is 21.6. The topological polar surface area (TPSA) is 65.1 Å². The van der Waals surface area contributed by atoms with Crippen LogP contribution in [0.25, 0.3) is 6.08 Å². The van der Waals surface area contributed by atoms with Crippen molar-refractivity contribution in [3.05, 3.63) is 93.3 Å². The fourth-order valence-electron chi connectivity index (χ4n) is 3.61. The maximum atomic E-state index is 12.9. The Labute approximate surface area is 219 Å². The highest BCUT2D eigenvalue weighted by molar-refractivity contribution is 8.18. The van der Waals surface area contributed by atoms with Crippen molar-refractivity contribution < 1.29 is 23.8 Å². The molecule has 1 aliphatic rings. The summed E-state index contributed by atoms with van der Waals surface area (Å²) in [5, 5.41) is 0.0203. The van der Waals surface area contributed by atoms with Crippen molar-refractivity contribution in [2.45, 2.75) is 20.5 Å². The van der Waals surface area contributed by atoms with Gasteiger partial charge in [-0.3, -0.25) is 14.5 Å². The third kappa shape index (κ3) is 6.42. The lowest BCUT2D eigenvalue weighted by Crippen LogP contribution is -2.32. The number of carbonyl (C=O) groups excluding carboxylic acids is 2. The standard InChI is InChI=1S/C28H26ClNO5S/c1-3-33-24-16-21(15-23(29)26(24)35-18-20-9-5-4-6-10-20)17-25-27(31)30(28(32)36-25)12-13-34-22-11-7-8-19(2)14-22/h4-11,14-17H,3,12-13,18H2,1-2H3/b25-17-. The van der Waals surface area contributed by atoms with Crippen LogP contribution in [0.2, 0.25) is 5.02 Å². The molecule has 1 fully saturated rings. The van der Waals surface area contributed by atoms with Crippen molar-refractivity contribution in [2.75, 3.05) is 19.8 Å². The molecule has 2 amide bonds. The predicted octanol–water partition coefficient (Wildman–Crippen LogP) is 6.74. The second kappa shape index (κ2) is 12.0. The van der Waals surface area contributed by atoms with E-state index in [1.807, 2.05) is 68.4 Å². The van der Waals surface area contributed by atoms with Crippen molar-refractivity contribution in [2.24, 2.45) is 0 Å². The van der Waals surface area contributed by atoms with Crippen LogP contribution in [0.5, 0.6) is 17.2 Å². The average Bonchev–Trinajstić information content (AvgIpc) is 3.12. The molecule has 0 aliphatic carbocycles. The van der Waals surface area contributed by atoms with Gasteiger partial charge in [0, 0.05) is 0 Å². The molecular formula is C28H26ClNO5S. The fourth-order valence-corrected chi connectivity index (χ4v) is 4.75. The van der Waals surface area contributed by atoms with Gasteiger partial charge in [-0.15, -0.1) is 0 Å². The molecule has 3 aromatic rings. The third-order valence-electron chi connectivity index (χ3n) is 5.30. The van der Waals surface area contributed by atoms with Crippen LogP contribution in [-0.4, -0.2) is 35.8 Å². The Morgan fingerprint density at radius 3 is 2.53 bits per heavy atom. The number of benzene rings is 3. The van der Waals surface area contributed by atoms with Gasteiger partial charge in [-0.05, 0) is 72.6 Å². The van der Waals surface area contributed by atoms with Crippen LogP contribution in [0.1, 0.15) is 23.6 Å². The quantitative estimate of drug-likeness (QED) is 0.274. The van der Waals surface area contributed by atoms with Crippen LogP contribution >= 0.6 is 23.4 Å². The van der Waals surface area contributed by atoms with E-state index in [1.165, 1.54) is 4.90 Å². The Hall–Kier alpha value is -3.42. The van der Waals surface area contributed by atoms with Gasteiger partial charge in [0.25, 0.3) is 11.1 Å². The maximum absolute atomic E-state index is 12.9. The van der Waals surface area contributed by atoms with Gasteiger partial charge in [0.05, 0.1) is 23.1 Å². The van der Waals surface area contributed by atoms with E-state index < -0.39 is 0 Å². The summed E-state index contributed by atoms with van der Waals surface area (Å²) < 4.78 is 17.4. The lowest BCUT2D eigenvalue weighted by molar-refractivity contribution is -0.123. The number of nitrogens with zero attached hydrogens (tertiary/aromatic N) is 1. The minimum absolute atomic E-state index is 0.160. The van der Waals surface area contributed by atoms with Crippen LogP contribution in [0.3, 0.4) is 0 Å². The van der Waals surface area contributed by atoms with Gasteiger partial charge in [0.2, 0.25) is 0 Å². The summed E-state index contributed by atoms with van der Waals surface area (Å²) in [6.07, 6.45) is 1.64. The van der Waals surface area contributed by atoms with E-state index in [0.717, 1.165) is 22.9 Å². The Bertz CT molecular complexity index is 1280. The summed E-state index contributed by atoms with van der Waals surface area (Å²) in [6.45, 7) is 4.96. The molecule has 0 atom stereocenters. The Morgan fingerprint density at radius 2 is 1.78 bits per heavy atom. The van der Waals surface area contributed by atoms with Gasteiger partial charge in [0.15, 0.2) is 11.5 Å². The van der Waals surface area contributed by atoms with Crippen LogP contribution in [0, 0.1) is 6.92 Å². The molecule has 1 saturated heterocycles. The van der Waals surface area contributed by atoms with Gasteiger partial charge < -0.3 is 14.2 Å². The molecule has 0 saturated carbocycles. The molecule has 4 rings (SSSR count). The van der Waals surface area contributed by atoms with Crippen LogP contribution in [-0.2, 0) is 11.4 Å². The molecule has 0 spiro atoms. The lowest BCUT2D eigenvalue weighted by atomic mass is 10.1. The van der Waals surface area contributed by atoms with Crippen molar-refractivity contribution in [1.29, 1.82) is 0 Å². The van der Waals surface area contributed by atoms with E-state index >= 15 is 0 Å². The molecule has 6 nitrogen and oxygen atoms in total. The highest BCUT2D eigenvalue weighted by atomic mass is 35.5. The van der Waals surface area contributed by atoms with Crippen LogP contribution in [0.15, 0.2) is 71.6 Å². The number of carbonyl (C=O) groups is 2. The van der Waals surface area contributed by atoms with E-state index in [2.05, 4.69) is 0 Å². The predicted molar refractivity (Wildman–Crippen MR) is 143 cm³/mol. The zero-order valence-electron chi connectivity index (χ0n) is 20.0. The van der Waals surface area contributed by atoms with Crippen molar-refractivity contribution >= 4 is 40.6 Å². The number of rotatable bonds is 10. The molecule has 3 aromatic carbocycles. The Kier molecular flexibility index (Phi) is 8.57. The van der Waals surface area contributed by atoms with E-state index in [4.69, 9.17) is 25.8 Å². The minimum atomic E-state index is -0.365. The molecular weight excluding hydrogens is 498 g/mol. The first kappa shape index (κ1) is 25.7. The van der Waals surface area contributed by atoms with Gasteiger partial charge in [-0.1, -0.05) is 54.1 Å². The molecule has 36 heavy (non-hydrogen) atoms. The normalized spacial score (nSPS) is 14.4. The molecule has 0 N–H and O–H groups in total. The molecule has 1 aliphatic heterocycles. The molecule has 0 aromatic heterocycles. The van der Waals surface area contributed by atoms with Gasteiger partial charge >= 0.3 is 0 Å². The summed E-state index contributed by atoms with van der Waals surface area (Å²) >= 11 is 7.42. The molecule has 0 radical (unpaired) electrons. The van der Waals surface area contributed by atoms with Gasteiger partial charge in [-0.2, -0.15) is 0 Å². The summed E-state index contributed by atoms with van der Waals surface area (Å²) in [7, 11) is 0. The molecule has 0 bridgehead atoms. The van der Waals surface area contributed by atoms with E-state index in [-0.39, 0.29) is 24.3 Å². The number of thioether (sulfide) groups is 1. The summed E-state index contributed by atoms with van der Waals surface area (Å²) in [5.74, 6) is 1.24. The van der Waals surface area contributed by atoms with Gasteiger partial charge in [0.1, 0.15) is 19.0 Å². The second-order valence-corrected chi connectivity index (χ2v) is 9.44. The first-order valence-corrected chi connectivity index (χ1v) is 12.7. The Balaban J connectivity index is 1.46. The third-order valence-corrected chi connectivity index (χ3v) is 6.49. The smallest absolute Gasteiger partial charge is 0.293 e. The maximum Gasteiger partial charge on any atom is 0.293 e. The first-order chi connectivity index (χ1) is 17.4. The van der Waals surface area contributed by atoms with Crippen molar-refractivity contribution in [3.8, 4) is 17.2 Å². The zero-order chi connectivity index (χ0) is 25.5. The van der Waals surface area contributed by atoms with Crippen molar-refractivity contribution in [1.82, 2.24) is 4.90 Å². The van der Waals surface area contributed by atoms with E-state index in [9.17, 15) is 9.59 Å². The number of aryl methyl sites for hydroxylation is 1. The van der Waals surface area contributed by atoms with E-state index in [0.29, 0.717) is 46.0 Å². The molecule has 8 heteroatoms. The highest BCUT2D eigenvalue weighted by Gasteiger charge is 2.35. The Morgan fingerprint density at radius 1 is 0.972 bits per heavy atom. The monoisotopic (exact) mass is 523 g/mol. The summed E-state index contributed by atoms with van der Waals surface area (Å²) in [4.78, 5) is 26.9. The second-order valence-electron chi connectivity index (χ2n) is 8.04. The van der Waals surface area contributed by atoms with Crippen molar-refractivity contribution in [3.63, 3.8) is 0 Å². The molecule has 0 unspecified atom stereocenters. The van der Waals surface area contributed by atoms with Crippen LogP contribution < -0.4 is 14.2 Å². The largest absolute Gasteiger partial charge is 0.492 e. The SMILES string of the molecule is CCOc1cc(/C=C2\SC(=O)N(CCOc3cccc(C)c3)C2=O)cc(Cl)c1OCc1ccccc1. The first-order valence-electron chi connectivity index (χ1n) is 11.5. The highest BCUT2D eigenvalue weighted by Crippen LogP contribution is 2.39. The van der Waals surface area contributed by atoms with E-state index in [1.54, 1.807) is 18.2 Å². The molecule has 186 valence electrons. The average molecular weight is 524 g/mol. The summed E-state index contributed by atoms with van der Waals surface area (Å²) in [6, 6.07) is 20.8. The number of hydrogen-bond donors (Lipinski definition) is 0. The van der Waals surface area contributed by atoms with Crippen LogP contribution in [0.4, 0.5) is 4.79 Å². The lowest BCUT2D eigenvalue weighted by Gasteiger charge is -2.15. The number of halogens is 1. The number of amides is 2. The molecule has 1 heterocycles. The summed E-state index contributed by atoms with van der Waals surface area (Å²) in [5.41, 5.74) is 2.71. The fraction of sp³-hybridized carbons (Fsp3) is 0.214. The minimum Gasteiger partial charge on any atom is -0.492 e. The number of imide groups is 1.